The largest absolute Gasteiger partial charge is 0.495 e. The Balaban J connectivity index is 1.40. The number of allylic oxidation sites excluding steroid dienone is 2. The summed E-state index contributed by atoms with van der Waals surface area (Å²) in [6, 6.07) is 5.33. The number of amides is 2. The number of hydrogen-bond acceptors (Lipinski definition) is 8. The lowest BCUT2D eigenvalue weighted by atomic mass is 10.0. The van der Waals surface area contributed by atoms with Crippen LogP contribution < -0.4 is 20.7 Å². The van der Waals surface area contributed by atoms with E-state index in [0.717, 1.165) is 86.3 Å². The van der Waals surface area contributed by atoms with Crippen molar-refractivity contribution in [2.24, 2.45) is 10.9 Å². The second-order valence-electron chi connectivity index (χ2n) is 14.9. The fourth-order valence-corrected chi connectivity index (χ4v) is 7.76. The molecule has 2 saturated carbocycles. The molecule has 3 N–H and O–H groups in total. The van der Waals surface area contributed by atoms with E-state index in [4.69, 9.17) is 14.5 Å². The standard InChI is InChI=1S/C42H64N6O5/c1-9-17-33(43-25-16-22-39(49)46-35(26-28(4)5)42(51)53-32-20-14-15-21-32)30-23-24-34(38(27-30)52-8)44-29(6)45-40-36(10-2)47(7)41(50)37(11-3)48(40)31-18-12-13-19-31/h10,17,23-24,27-28,31-32,35,37,43-44H,6,9,11-16,18-22,25-26H2,1-5,7-8H3,(H,46,49)/b33-17-,36-10+,45-40+. The number of likely N-dealkylation sites (N-methyl/N-ethyl adjacent to an activating group) is 1. The lowest BCUT2D eigenvalue weighted by molar-refractivity contribution is -0.153. The maximum atomic E-state index is 13.4. The smallest absolute Gasteiger partial charge is 0.328 e. The van der Waals surface area contributed by atoms with E-state index in [0.29, 0.717) is 43.8 Å². The number of carbonyl (C=O) groups is 3. The Kier molecular flexibility index (Phi) is 15.8. The van der Waals surface area contributed by atoms with E-state index in [1.54, 1.807) is 12.0 Å². The molecule has 1 aromatic carbocycles. The van der Waals surface area contributed by atoms with Crippen LogP contribution in [0.25, 0.3) is 5.70 Å². The molecule has 292 valence electrons. The number of carbonyl (C=O) groups excluding carboxylic acids is 3. The second-order valence-corrected chi connectivity index (χ2v) is 14.9. The van der Waals surface area contributed by atoms with E-state index < -0.39 is 6.04 Å². The predicted molar refractivity (Wildman–Crippen MR) is 213 cm³/mol. The molecule has 2 unspecified atom stereocenters. The lowest BCUT2D eigenvalue weighted by Crippen LogP contribution is -2.60. The van der Waals surface area contributed by atoms with Crippen LogP contribution in [0, 0.1) is 5.92 Å². The molecule has 53 heavy (non-hydrogen) atoms. The summed E-state index contributed by atoms with van der Waals surface area (Å²) in [5.74, 6) is 1.75. The maximum Gasteiger partial charge on any atom is 0.328 e. The molecule has 3 aliphatic rings. The van der Waals surface area contributed by atoms with E-state index in [9.17, 15) is 14.4 Å². The third-order valence-electron chi connectivity index (χ3n) is 10.4. The van der Waals surface area contributed by atoms with Crippen LogP contribution in [0.5, 0.6) is 5.75 Å². The van der Waals surface area contributed by atoms with Crippen LogP contribution in [0.2, 0.25) is 0 Å². The van der Waals surface area contributed by atoms with Crippen molar-refractivity contribution in [2.45, 2.75) is 142 Å². The summed E-state index contributed by atoms with van der Waals surface area (Å²) in [5, 5.41) is 9.81. The normalized spacial score (nSPS) is 20.7. The van der Waals surface area contributed by atoms with Crippen molar-refractivity contribution in [3.05, 3.63) is 54.0 Å². The molecule has 0 aromatic heterocycles. The topological polar surface area (TPSA) is 125 Å². The van der Waals surface area contributed by atoms with Crippen molar-refractivity contribution in [2.75, 3.05) is 26.0 Å². The minimum atomic E-state index is -0.619. The average molecular weight is 733 g/mol. The molecule has 1 aliphatic heterocycles. The van der Waals surface area contributed by atoms with Crippen LogP contribution in [-0.2, 0) is 19.1 Å². The number of nitrogens with zero attached hydrogens (tertiary/aromatic N) is 3. The Morgan fingerprint density at radius 2 is 1.79 bits per heavy atom. The van der Waals surface area contributed by atoms with Gasteiger partial charge in [-0.25, -0.2) is 9.79 Å². The van der Waals surface area contributed by atoms with Crippen LogP contribution in [0.15, 0.2) is 53.4 Å². The first-order valence-electron chi connectivity index (χ1n) is 19.9. The SMILES string of the molecule is C=C(/N=C1\C(=C/C)N(C)C(=O)C(CC)N1C1CCCC1)Nc1ccc(/C(=C/CC)NCCCC(=O)NC(CC(C)C)C(=O)OC2CCCC2)cc1OC. The Morgan fingerprint density at radius 3 is 2.42 bits per heavy atom. The van der Waals surface area contributed by atoms with E-state index in [-0.39, 0.29) is 41.9 Å². The Bertz CT molecular complexity index is 1520. The number of hydrogen-bond donors (Lipinski definition) is 3. The number of nitrogens with one attached hydrogen (secondary N) is 3. The number of methoxy groups -OCH3 is 1. The zero-order valence-electron chi connectivity index (χ0n) is 33.3. The van der Waals surface area contributed by atoms with Gasteiger partial charge < -0.3 is 35.2 Å². The number of rotatable bonds is 18. The first-order chi connectivity index (χ1) is 25.5. The number of anilines is 1. The Morgan fingerprint density at radius 1 is 1.09 bits per heavy atom. The van der Waals surface area contributed by atoms with Crippen molar-refractivity contribution in [3.63, 3.8) is 0 Å². The molecule has 2 aliphatic carbocycles. The number of piperazine rings is 1. The highest BCUT2D eigenvalue weighted by molar-refractivity contribution is 6.08. The summed E-state index contributed by atoms with van der Waals surface area (Å²) in [4.78, 5) is 48.1. The van der Waals surface area contributed by atoms with Gasteiger partial charge in [0.25, 0.3) is 0 Å². The van der Waals surface area contributed by atoms with Crippen LogP contribution in [-0.4, -0.2) is 78.4 Å². The lowest BCUT2D eigenvalue weighted by Gasteiger charge is -2.45. The maximum absolute atomic E-state index is 13.4. The van der Waals surface area contributed by atoms with Crippen molar-refractivity contribution in [1.29, 1.82) is 0 Å². The van der Waals surface area contributed by atoms with Gasteiger partial charge in [0.05, 0.1) is 18.5 Å². The van der Waals surface area contributed by atoms with Gasteiger partial charge in [-0.1, -0.05) is 65.3 Å². The highest BCUT2D eigenvalue weighted by Gasteiger charge is 2.42. The van der Waals surface area contributed by atoms with Crippen LogP contribution in [0.4, 0.5) is 5.69 Å². The molecule has 1 saturated heterocycles. The summed E-state index contributed by atoms with van der Waals surface area (Å²) in [7, 11) is 3.46. The van der Waals surface area contributed by atoms with Crippen LogP contribution >= 0.6 is 0 Å². The van der Waals surface area contributed by atoms with Gasteiger partial charge in [-0.05, 0) is 89.2 Å². The molecule has 2 atom stereocenters. The molecule has 0 radical (unpaired) electrons. The van der Waals surface area contributed by atoms with E-state index >= 15 is 0 Å². The monoisotopic (exact) mass is 732 g/mol. The zero-order chi connectivity index (χ0) is 38.5. The minimum Gasteiger partial charge on any atom is -0.495 e. The fraction of sp³-hybridized carbons (Fsp3) is 0.619. The van der Waals surface area contributed by atoms with Crippen molar-refractivity contribution in [3.8, 4) is 5.75 Å². The number of benzene rings is 1. The summed E-state index contributed by atoms with van der Waals surface area (Å²) in [5.41, 5.74) is 3.40. The molecular formula is C42H64N6O5. The first kappa shape index (κ1) is 41.5. The van der Waals surface area contributed by atoms with Gasteiger partial charge in [-0.3, -0.25) is 9.59 Å². The second kappa shape index (κ2) is 20.3. The Labute approximate surface area is 317 Å². The number of esters is 1. The number of amidine groups is 1. The Hall–Kier alpha value is -4.28. The third-order valence-corrected chi connectivity index (χ3v) is 10.4. The molecule has 3 fully saturated rings. The summed E-state index contributed by atoms with van der Waals surface area (Å²) >= 11 is 0. The third kappa shape index (κ3) is 11.1. The van der Waals surface area contributed by atoms with Crippen molar-refractivity contribution >= 4 is 35.0 Å². The predicted octanol–water partition coefficient (Wildman–Crippen LogP) is 7.51. The fourth-order valence-electron chi connectivity index (χ4n) is 7.76. The van der Waals surface area contributed by atoms with Gasteiger partial charge in [-0.2, -0.15) is 0 Å². The first-order valence-corrected chi connectivity index (χ1v) is 19.9. The van der Waals surface area contributed by atoms with Gasteiger partial charge >= 0.3 is 5.97 Å². The highest BCUT2D eigenvalue weighted by atomic mass is 16.5. The quantitative estimate of drug-likeness (QED) is 0.105. The van der Waals surface area contributed by atoms with E-state index in [1.807, 2.05) is 52.1 Å². The van der Waals surface area contributed by atoms with Crippen LogP contribution in [0.3, 0.4) is 0 Å². The molecular weight excluding hydrogens is 668 g/mol. The molecule has 0 bridgehead atoms. The van der Waals surface area contributed by atoms with E-state index in [2.05, 4.69) is 47.4 Å². The summed E-state index contributed by atoms with van der Waals surface area (Å²) in [6.07, 6.45) is 15.4. The average Bonchev–Trinajstić information content (AvgIpc) is 3.86. The molecule has 11 nitrogen and oxygen atoms in total. The van der Waals surface area contributed by atoms with Gasteiger partial charge in [-0.15, -0.1) is 0 Å². The number of aliphatic imine (C=N–C) groups is 1. The van der Waals surface area contributed by atoms with Crippen LogP contribution in [0.1, 0.15) is 124 Å². The minimum absolute atomic E-state index is 0.0254. The van der Waals surface area contributed by atoms with Gasteiger partial charge in [0, 0.05) is 37.3 Å². The molecule has 1 aromatic rings. The molecule has 0 spiro atoms. The van der Waals surface area contributed by atoms with Crippen molar-refractivity contribution in [1.82, 2.24) is 20.4 Å². The zero-order valence-corrected chi connectivity index (χ0v) is 33.3. The molecule has 4 rings (SSSR count). The van der Waals surface area contributed by atoms with Crippen molar-refractivity contribution < 1.29 is 23.9 Å². The number of ether oxygens (including phenoxy) is 2. The molecule has 2 amide bonds. The van der Waals surface area contributed by atoms with Gasteiger partial charge in [0.15, 0.2) is 5.84 Å². The van der Waals surface area contributed by atoms with Gasteiger partial charge in [0.2, 0.25) is 11.8 Å². The molecule has 1 heterocycles. The highest BCUT2D eigenvalue weighted by Crippen LogP contribution is 2.34. The summed E-state index contributed by atoms with van der Waals surface area (Å²) in [6.45, 7) is 15.0. The molecule has 11 heteroatoms. The van der Waals surface area contributed by atoms with E-state index in [1.165, 1.54) is 0 Å². The summed E-state index contributed by atoms with van der Waals surface area (Å²) < 4.78 is 11.5. The van der Waals surface area contributed by atoms with Gasteiger partial charge in [0.1, 0.15) is 29.8 Å².